The van der Waals surface area contributed by atoms with Crippen molar-refractivity contribution in [1.29, 1.82) is 0 Å². The van der Waals surface area contributed by atoms with Crippen LogP contribution in [0.3, 0.4) is 0 Å². The fourth-order valence-electron chi connectivity index (χ4n) is 7.09. The van der Waals surface area contributed by atoms with Crippen LogP contribution in [0.25, 0.3) is 10.4 Å². The van der Waals surface area contributed by atoms with Crippen molar-refractivity contribution in [1.82, 2.24) is 0 Å². The van der Waals surface area contributed by atoms with Crippen molar-refractivity contribution in [2.75, 3.05) is 13.2 Å². The number of hydrogen-bond donors (Lipinski definition) is 0. The average molecular weight is 432 g/mol. The Hall–Kier alpha value is -2.01. The van der Waals surface area contributed by atoms with Gasteiger partial charge in [-0.05, 0) is 79.1 Å². The van der Waals surface area contributed by atoms with Crippen molar-refractivity contribution in [2.24, 2.45) is 39.6 Å². The van der Waals surface area contributed by atoms with Crippen LogP contribution in [0.4, 0.5) is 0 Å². The molecule has 0 N–H and O–H groups in total. The van der Waals surface area contributed by atoms with Crippen molar-refractivity contribution in [3.05, 3.63) is 22.6 Å². The molecule has 7 heteroatoms. The molecule has 0 aromatic carbocycles. The maximum Gasteiger partial charge on any atom is 0.302 e. The van der Waals surface area contributed by atoms with E-state index in [1.165, 1.54) is 19.4 Å². The number of azide groups is 1. The number of rotatable bonds is 6. The highest BCUT2D eigenvalue weighted by molar-refractivity contribution is 5.66. The molecule has 0 amide bonds. The van der Waals surface area contributed by atoms with Gasteiger partial charge in [0.25, 0.3) is 0 Å². The molecule has 7 atom stereocenters. The summed E-state index contributed by atoms with van der Waals surface area (Å²) in [6, 6.07) is 0. The Balaban J connectivity index is 1.91. The first-order valence-corrected chi connectivity index (χ1v) is 11.6. The minimum atomic E-state index is -0.286. The topological polar surface area (TPSA) is 101 Å². The van der Waals surface area contributed by atoms with Crippen molar-refractivity contribution in [2.45, 2.75) is 78.7 Å². The highest BCUT2D eigenvalue weighted by Crippen LogP contribution is 2.63. The highest BCUT2D eigenvalue weighted by atomic mass is 16.5. The molecule has 0 radical (unpaired) electrons. The zero-order valence-corrected chi connectivity index (χ0v) is 19.4. The first-order valence-electron chi connectivity index (χ1n) is 11.6. The third kappa shape index (κ3) is 4.62. The lowest BCUT2D eigenvalue weighted by Crippen LogP contribution is -2.52. The number of carbonyl (C=O) groups excluding carboxylic acids is 2. The summed E-state index contributed by atoms with van der Waals surface area (Å²) in [4.78, 5) is 26.2. The molecular weight excluding hydrogens is 394 g/mol. The third-order valence-electron chi connectivity index (χ3n) is 8.90. The van der Waals surface area contributed by atoms with Gasteiger partial charge in [0.2, 0.25) is 0 Å². The molecule has 0 aromatic rings. The molecule has 0 saturated heterocycles. The van der Waals surface area contributed by atoms with Crippen LogP contribution in [-0.4, -0.2) is 31.2 Å². The lowest BCUT2D eigenvalue weighted by atomic mass is 9.49. The molecule has 0 spiro atoms. The maximum absolute atomic E-state index is 11.6. The second kappa shape index (κ2) is 9.23. The molecule has 2 unspecified atom stereocenters. The molecule has 31 heavy (non-hydrogen) atoms. The number of hydrogen-bond acceptors (Lipinski definition) is 5. The highest BCUT2D eigenvalue weighted by Gasteiger charge is 2.56. The predicted molar refractivity (Wildman–Crippen MR) is 118 cm³/mol. The standard InChI is InChI=1S/C24H37N3O4/c1-15-6-7-21-20(13-26-27-25)22(9-11-23(15,21)4)24(5)10-8-19(31-17(3)29)12-18(24)14-30-16(2)28/h18-22H,1,6-14H2,2-5H3/t18-,19+,20+,21?,22?,23-,24+/m1/s1. The lowest BCUT2D eigenvalue weighted by Gasteiger charge is -2.56. The SMILES string of the molecule is C=C1CCC2[C@H](CN=[N+]=[N-])C([C@@]3(C)CC[C@H](OC(C)=O)C[C@@H]3COC(C)=O)CC[C@]12C. The zero-order valence-electron chi connectivity index (χ0n) is 19.4. The van der Waals surface area contributed by atoms with Gasteiger partial charge < -0.3 is 9.47 Å². The Kier molecular flexibility index (Phi) is 7.04. The van der Waals surface area contributed by atoms with E-state index in [1.807, 2.05) is 0 Å². The van der Waals surface area contributed by atoms with E-state index in [2.05, 4.69) is 30.5 Å². The van der Waals surface area contributed by atoms with E-state index in [-0.39, 0.29) is 40.7 Å². The average Bonchev–Trinajstić information content (AvgIpc) is 3.01. The fourth-order valence-corrected chi connectivity index (χ4v) is 7.09. The molecule has 0 heterocycles. The Bertz CT molecular complexity index is 777. The molecule has 7 nitrogen and oxygen atoms in total. The molecular formula is C24H37N3O4. The van der Waals surface area contributed by atoms with Crippen LogP contribution in [0, 0.1) is 34.5 Å². The maximum atomic E-state index is 11.6. The van der Waals surface area contributed by atoms with Gasteiger partial charge in [-0.15, -0.1) is 0 Å². The van der Waals surface area contributed by atoms with Gasteiger partial charge in [-0.3, -0.25) is 9.59 Å². The second-order valence-corrected chi connectivity index (χ2v) is 10.4. The number of esters is 2. The van der Waals surface area contributed by atoms with Crippen LogP contribution in [0.2, 0.25) is 0 Å². The van der Waals surface area contributed by atoms with Crippen LogP contribution < -0.4 is 0 Å². The number of allylic oxidation sites excluding steroid dienone is 1. The first-order chi connectivity index (χ1) is 14.6. The summed E-state index contributed by atoms with van der Waals surface area (Å²) < 4.78 is 11.0. The Morgan fingerprint density at radius 2 is 1.90 bits per heavy atom. The molecule has 172 valence electrons. The van der Waals surface area contributed by atoms with Gasteiger partial charge in [-0.1, -0.05) is 31.1 Å². The predicted octanol–water partition coefficient (Wildman–Crippen LogP) is 5.60. The summed E-state index contributed by atoms with van der Waals surface area (Å²) >= 11 is 0. The van der Waals surface area contributed by atoms with Crippen LogP contribution in [0.5, 0.6) is 0 Å². The van der Waals surface area contributed by atoms with Gasteiger partial charge in [0.05, 0.1) is 6.61 Å². The Morgan fingerprint density at radius 3 is 2.55 bits per heavy atom. The Morgan fingerprint density at radius 1 is 1.16 bits per heavy atom. The lowest BCUT2D eigenvalue weighted by molar-refractivity contribution is -0.160. The van der Waals surface area contributed by atoms with Gasteiger partial charge >= 0.3 is 11.9 Å². The van der Waals surface area contributed by atoms with E-state index >= 15 is 0 Å². The number of carbonyl (C=O) groups is 2. The monoisotopic (exact) mass is 431 g/mol. The smallest absolute Gasteiger partial charge is 0.302 e. The van der Waals surface area contributed by atoms with Crippen molar-refractivity contribution in [3.8, 4) is 0 Å². The van der Waals surface area contributed by atoms with E-state index in [1.54, 1.807) is 0 Å². The van der Waals surface area contributed by atoms with E-state index < -0.39 is 0 Å². The van der Waals surface area contributed by atoms with Gasteiger partial charge in [0.15, 0.2) is 0 Å². The quantitative estimate of drug-likeness (QED) is 0.180. The summed E-state index contributed by atoms with van der Waals surface area (Å²) in [7, 11) is 0. The first kappa shape index (κ1) is 23.6. The molecule has 3 aliphatic rings. The summed E-state index contributed by atoms with van der Waals surface area (Å²) in [6.07, 6.45) is 6.55. The molecule has 3 fully saturated rings. The number of nitrogens with zero attached hydrogens (tertiary/aromatic N) is 3. The largest absolute Gasteiger partial charge is 0.466 e. The fraction of sp³-hybridized carbons (Fsp3) is 0.833. The van der Waals surface area contributed by atoms with Crippen molar-refractivity contribution < 1.29 is 19.1 Å². The summed E-state index contributed by atoms with van der Waals surface area (Å²) in [5.41, 5.74) is 10.4. The molecule has 3 saturated carbocycles. The minimum Gasteiger partial charge on any atom is -0.466 e. The van der Waals surface area contributed by atoms with Gasteiger partial charge in [0, 0.05) is 31.2 Å². The van der Waals surface area contributed by atoms with Gasteiger partial charge in [-0.25, -0.2) is 0 Å². The van der Waals surface area contributed by atoms with Crippen molar-refractivity contribution >= 4 is 11.9 Å². The molecule has 3 rings (SSSR count). The van der Waals surface area contributed by atoms with Gasteiger partial charge in [-0.2, -0.15) is 0 Å². The van der Waals surface area contributed by atoms with Crippen LogP contribution in [0.1, 0.15) is 72.6 Å². The number of fused-ring (bicyclic) bond motifs is 1. The third-order valence-corrected chi connectivity index (χ3v) is 8.90. The zero-order chi connectivity index (χ0) is 22.8. The molecule has 3 aliphatic carbocycles. The van der Waals surface area contributed by atoms with Crippen molar-refractivity contribution in [3.63, 3.8) is 0 Å². The van der Waals surface area contributed by atoms with Crippen LogP contribution >= 0.6 is 0 Å². The van der Waals surface area contributed by atoms with E-state index in [4.69, 9.17) is 15.0 Å². The summed E-state index contributed by atoms with van der Waals surface area (Å²) in [5.74, 6) is 0.651. The molecule has 0 bridgehead atoms. The van der Waals surface area contributed by atoms with E-state index in [0.717, 1.165) is 38.5 Å². The number of ether oxygens (including phenoxy) is 2. The Labute approximate surface area is 185 Å². The molecule has 0 aliphatic heterocycles. The van der Waals surface area contributed by atoms with Gasteiger partial charge in [0.1, 0.15) is 6.10 Å². The van der Waals surface area contributed by atoms with E-state index in [0.29, 0.717) is 31.4 Å². The van der Waals surface area contributed by atoms with Crippen LogP contribution in [0.15, 0.2) is 17.3 Å². The summed E-state index contributed by atoms with van der Waals surface area (Å²) in [5, 5.41) is 4.04. The second-order valence-electron chi connectivity index (χ2n) is 10.4. The van der Waals surface area contributed by atoms with E-state index in [9.17, 15) is 9.59 Å². The molecule has 0 aromatic heterocycles. The normalized spacial score (nSPS) is 39.9. The van der Waals surface area contributed by atoms with Crippen LogP contribution in [-0.2, 0) is 19.1 Å². The minimum absolute atomic E-state index is 0.0764. The summed E-state index contributed by atoms with van der Waals surface area (Å²) in [6.45, 7) is 12.7.